The van der Waals surface area contributed by atoms with Crippen LogP contribution in [0.4, 0.5) is 5.82 Å². The normalized spacial score (nSPS) is 22.1. The molecule has 7 heteroatoms. The predicted molar refractivity (Wildman–Crippen MR) is 121 cm³/mol. The Morgan fingerprint density at radius 3 is 2.59 bits per heavy atom. The molecule has 32 heavy (non-hydrogen) atoms. The number of likely N-dealkylation sites (tertiary alicyclic amines) is 1. The fourth-order valence-corrected chi connectivity index (χ4v) is 5.57. The molecule has 1 aromatic carbocycles. The molecule has 7 nitrogen and oxygen atoms in total. The minimum absolute atomic E-state index is 0.0918. The Bertz CT molecular complexity index is 943. The van der Waals surface area contributed by atoms with Gasteiger partial charge in [0.2, 0.25) is 11.8 Å². The molecule has 1 spiro atoms. The van der Waals surface area contributed by atoms with E-state index in [1.165, 1.54) is 25.7 Å². The summed E-state index contributed by atoms with van der Waals surface area (Å²) < 4.78 is 7.53. The standard InChI is InChI=1S/C25H32N4O3/c30-23(11-17-32-20-6-2-1-3-7-20)27-22-8-14-26-29(22)19-9-15-28(16-10-19)24(31)21-18-25(21)12-4-5-13-25/h1-3,6-8,14,19,21H,4-5,9-13,15-18H2,(H,27,30). The number of piperidine rings is 1. The van der Waals surface area contributed by atoms with E-state index in [4.69, 9.17) is 4.74 Å². The number of aromatic nitrogens is 2. The van der Waals surface area contributed by atoms with Crippen LogP contribution in [0, 0.1) is 11.3 Å². The van der Waals surface area contributed by atoms with Crippen molar-refractivity contribution in [2.45, 2.75) is 57.4 Å². The lowest BCUT2D eigenvalue weighted by molar-refractivity contribution is -0.134. The van der Waals surface area contributed by atoms with Crippen LogP contribution >= 0.6 is 0 Å². The smallest absolute Gasteiger partial charge is 0.228 e. The van der Waals surface area contributed by atoms with E-state index in [0.29, 0.717) is 23.7 Å². The third-order valence-corrected chi connectivity index (χ3v) is 7.49. The van der Waals surface area contributed by atoms with Crippen LogP contribution < -0.4 is 10.1 Å². The molecule has 1 aliphatic heterocycles. The molecule has 1 N–H and O–H groups in total. The van der Waals surface area contributed by atoms with Crippen molar-refractivity contribution >= 4 is 17.6 Å². The van der Waals surface area contributed by atoms with Gasteiger partial charge in [-0.1, -0.05) is 31.0 Å². The molecule has 2 aliphatic carbocycles. The average Bonchev–Trinajstić information content (AvgIpc) is 3.11. The number of carbonyl (C=O) groups excluding carboxylic acids is 2. The molecule has 0 bridgehead atoms. The summed E-state index contributed by atoms with van der Waals surface area (Å²) in [5.41, 5.74) is 0.359. The molecular formula is C25H32N4O3. The Labute approximate surface area is 189 Å². The van der Waals surface area contributed by atoms with Gasteiger partial charge in [0.25, 0.3) is 0 Å². The van der Waals surface area contributed by atoms with E-state index in [-0.39, 0.29) is 24.3 Å². The van der Waals surface area contributed by atoms with Crippen molar-refractivity contribution in [3.05, 3.63) is 42.6 Å². The summed E-state index contributed by atoms with van der Waals surface area (Å²) in [4.78, 5) is 27.4. The van der Waals surface area contributed by atoms with Gasteiger partial charge in [-0.15, -0.1) is 0 Å². The van der Waals surface area contributed by atoms with Crippen molar-refractivity contribution in [1.29, 1.82) is 0 Å². The van der Waals surface area contributed by atoms with Gasteiger partial charge in [-0.05, 0) is 49.7 Å². The van der Waals surface area contributed by atoms with Crippen LogP contribution in [-0.4, -0.2) is 46.2 Å². The summed E-state index contributed by atoms with van der Waals surface area (Å²) in [7, 11) is 0. The lowest BCUT2D eigenvalue weighted by atomic mass is 10.00. The van der Waals surface area contributed by atoms with Crippen molar-refractivity contribution in [2.24, 2.45) is 11.3 Å². The first-order valence-corrected chi connectivity index (χ1v) is 11.9. The summed E-state index contributed by atoms with van der Waals surface area (Å²) in [6.45, 7) is 1.87. The molecule has 2 saturated carbocycles. The molecule has 1 unspecified atom stereocenters. The first kappa shape index (κ1) is 21.0. The highest BCUT2D eigenvalue weighted by molar-refractivity contribution is 5.89. The molecule has 3 aliphatic rings. The van der Waals surface area contributed by atoms with E-state index in [0.717, 1.165) is 38.1 Å². The number of hydrogen-bond acceptors (Lipinski definition) is 4. The highest BCUT2D eigenvalue weighted by atomic mass is 16.5. The molecule has 3 fully saturated rings. The van der Waals surface area contributed by atoms with Crippen LogP contribution in [0.3, 0.4) is 0 Å². The number of para-hydroxylation sites is 1. The Hall–Kier alpha value is -2.83. The number of nitrogens with zero attached hydrogens (tertiary/aromatic N) is 3. The number of anilines is 1. The third-order valence-electron chi connectivity index (χ3n) is 7.49. The third kappa shape index (κ3) is 4.38. The first-order valence-electron chi connectivity index (χ1n) is 11.9. The lowest BCUT2D eigenvalue weighted by Crippen LogP contribution is -2.41. The Balaban J connectivity index is 1.09. The largest absolute Gasteiger partial charge is 0.493 e. The minimum atomic E-state index is -0.0918. The number of benzene rings is 1. The molecule has 1 aromatic heterocycles. The number of ether oxygens (including phenoxy) is 1. The number of hydrogen-bond donors (Lipinski definition) is 1. The molecule has 0 radical (unpaired) electrons. The first-order chi connectivity index (χ1) is 15.6. The monoisotopic (exact) mass is 436 g/mol. The maximum atomic E-state index is 13.0. The van der Waals surface area contributed by atoms with E-state index in [2.05, 4.69) is 15.3 Å². The van der Waals surface area contributed by atoms with Gasteiger partial charge in [-0.25, -0.2) is 4.68 Å². The van der Waals surface area contributed by atoms with E-state index in [1.807, 2.05) is 41.1 Å². The molecular weight excluding hydrogens is 404 g/mol. The van der Waals surface area contributed by atoms with E-state index in [9.17, 15) is 9.59 Å². The van der Waals surface area contributed by atoms with Crippen LogP contribution in [-0.2, 0) is 9.59 Å². The van der Waals surface area contributed by atoms with Gasteiger partial charge in [0.05, 0.1) is 25.3 Å². The second kappa shape index (κ2) is 8.96. The quantitative estimate of drug-likeness (QED) is 0.711. The van der Waals surface area contributed by atoms with Gasteiger partial charge in [0, 0.05) is 25.1 Å². The number of nitrogens with one attached hydrogen (secondary N) is 1. The highest BCUT2D eigenvalue weighted by Gasteiger charge is 2.59. The van der Waals surface area contributed by atoms with Gasteiger partial charge in [-0.3, -0.25) is 9.59 Å². The van der Waals surface area contributed by atoms with Crippen LogP contribution in [0.1, 0.15) is 57.4 Å². The molecule has 1 saturated heterocycles. The average molecular weight is 437 g/mol. The fraction of sp³-hybridized carbons (Fsp3) is 0.560. The zero-order chi connectivity index (χ0) is 22.0. The van der Waals surface area contributed by atoms with E-state index >= 15 is 0 Å². The van der Waals surface area contributed by atoms with Gasteiger partial charge in [0.15, 0.2) is 0 Å². The summed E-state index contributed by atoms with van der Waals surface area (Å²) in [5.74, 6) is 2.03. The van der Waals surface area contributed by atoms with Crippen molar-refractivity contribution < 1.29 is 14.3 Å². The van der Waals surface area contributed by atoms with Crippen LogP contribution in [0.25, 0.3) is 0 Å². The van der Waals surface area contributed by atoms with E-state index in [1.54, 1.807) is 6.20 Å². The highest BCUT2D eigenvalue weighted by Crippen LogP contribution is 2.63. The van der Waals surface area contributed by atoms with Crippen molar-refractivity contribution in [3.63, 3.8) is 0 Å². The Kier molecular flexibility index (Phi) is 5.89. The molecule has 5 rings (SSSR count). The summed E-state index contributed by atoms with van der Waals surface area (Å²) in [5, 5.41) is 7.43. The molecule has 170 valence electrons. The maximum Gasteiger partial charge on any atom is 0.228 e. The topological polar surface area (TPSA) is 76.5 Å². The van der Waals surface area contributed by atoms with Gasteiger partial charge >= 0.3 is 0 Å². The zero-order valence-corrected chi connectivity index (χ0v) is 18.5. The number of carbonyl (C=O) groups is 2. The van der Waals surface area contributed by atoms with Crippen LogP contribution in [0.5, 0.6) is 5.75 Å². The van der Waals surface area contributed by atoms with Crippen molar-refractivity contribution in [3.8, 4) is 5.75 Å². The Morgan fingerprint density at radius 1 is 1.09 bits per heavy atom. The molecule has 1 atom stereocenters. The Morgan fingerprint density at radius 2 is 1.84 bits per heavy atom. The van der Waals surface area contributed by atoms with Crippen LogP contribution in [0.2, 0.25) is 0 Å². The SMILES string of the molecule is O=C(CCOc1ccccc1)Nc1ccnn1C1CCN(C(=O)C2CC23CCCC3)CC1. The molecule has 2 aromatic rings. The molecule has 2 heterocycles. The van der Waals surface area contributed by atoms with E-state index < -0.39 is 0 Å². The van der Waals surface area contributed by atoms with Crippen LogP contribution in [0.15, 0.2) is 42.6 Å². The lowest BCUT2D eigenvalue weighted by Gasteiger charge is -2.33. The zero-order valence-electron chi connectivity index (χ0n) is 18.5. The molecule has 2 amide bonds. The van der Waals surface area contributed by atoms with Crippen molar-refractivity contribution in [2.75, 3.05) is 25.0 Å². The predicted octanol–water partition coefficient (Wildman–Crippen LogP) is 4.03. The number of amides is 2. The van der Waals surface area contributed by atoms with Gasteiger partial charge in [-0.2, -0.15) is 5.10 Å². The summed E-state index contributed by atoms with van der Waals surface area (Å²) in [6.07, 6.45) is 9.91. The van der Waals surface area contributed by atoms with Gasteiger partial charge in [0.1, 0.15) is 11.6 Å². The second-order valence-corrected chi connectivity index (χ2v) is 9.50. The summed E-state index contributed by atoms with van der Waals surface area (Å²) >= 11 is 0. The maximum absolute atomic E-state index is 13.0. The van der Waals surface area contributed by atoms with Crippen molar-refractivity contribution in [1.82, 2.24) is 14.7 Å². The van der Waals surface area contributed by atoms with Gasteiger partial charge < -0.3 is 15.0 Å². The number of rotatable bonds is 7. The fourth-order valence-electron chi connectivity index (χ4n) is 5.57. The second-order valence-electron chi connectivity index (χ2n) is 9.50. The minimum Gasteiger partial charge on any atom is -0.493 e. The summed E-state index contributed by atoms with van der Waals surface area (Å²) in [6, 6.07) is 11.5.